The van der Waals surface area contributed by atoms with Crippen LogP contribution in [-0.2, 0) is 0 Å². The van der Waals surface area contributed by atoms with Crippen LogP contribution in [0.4, 0.5) is 4.39 Å². The zero-order chi connectivity index (χ0) is 14.0. The molecule has 0 aliphatic carbocycles. The van der Waals surface area contributed by atoms with Crippen molar-refractivity contribution >= 4 is 5.91 Å². The van der Waals surface area contributed by atoms with Crippen molar-refractivity contribution in [3.05, 3.63) is 29.6 Å². The van der Waals surface area contributed by atoms with Crippen molar-refractivity contribution in [3.8, 4) is 5.75 Å². The largest absolute Gasteiger partial charge is 0.507 e. The van der Waals surface area contributed by atoms with E-state index in [4.69, 9.17) is 5.73 Å². The molecule has 1 aliphatic heterocycles. The third-order valence-corrected chi connectivity index (χ3v) is 3.72. The summed E-state index contributed by atoms with van der Waals surface area (Å²) in [6, 6.07) is 3.78. The fourth-order valence-electron chi connectivity index (χ4n) is 2.61. The molecule has 0 spiro atoms. The first-order valence-corrected chi connectivity index (χ1v) is 6.53. The van der Waals surface area contributed by atoms with E-state index < -0.39 is 11.7 Å². The van der Waals surface area contributed by atoms with Gasteiger partial charge in [0.05, 0.1) is 0 Å². The van der Waals surface area contributed by atoms with E-state index in [0.717, 1.165) is 12.8 Å². The van der Waals surface area contributed by atoms with Crippen molar-refractivity contribution in [2.75, 3.05) is 13.1 Å². The van der Waals surface area contributed by atoms with Crippen LogP contribution < -0.4 is 5.73 Å². The molecule has 5 heteroatoms. The van der Waals surface area contributed by atoms with Gasteiger partial charge in [0, 0.05) is 19.1 Å². The van der Waals surface area contributed by atoms with Crippen molar-refractivity contribution in [2.24, 2.45) is 11.7 Å². The standard InChI is InChI=1S/C14H19FN2O2/c1-9-5-6-17(10(7-9)8-16)14(19)13-11(15)3-2-4-12(13)18/h2-4,9-10,18H,5-8,16H2,1H3. The Bertz CT molecular complexity index is 458. The molecule has 0 bridgehead atoms. The molecule has 0 aromatic heterocycles. The number of amides is 1. The van der Waals surface area contributed by atoms with Crippen LogP contribution in [0.5, 0.6) is 5.75 Å². The van der Waals surface area contributed by atoms with Crippen LogP contribution in [-0.4, -0.2) is 35.0 Å². The highest BCUT2D eigenvalue weighted by Crippen LogP contribution is 2.27. The Morgan fingerprint density at radius 3 is 2.95 bits per heavy atom. The van der Waals surface area contributed by atoms with E-state index >= 15 is 0 Å². The van der Waals surface area contributed by atoms with Gasteiger partial charge in [-0.3, -0.25) is 4.79 Å². The highest BCUT2D eigenvalue weighted by molar-refractivity contribution is 5.97. The Balaban J connectivity index is 2.28. The lowest BCUT2D eigenvalue weighted by Crippen LogP contribution is -2.49. The molecule has 4 nitrogen and oxygen atoms in total. The van der Waals surface area contributed by atoms with Gasteiger partial charge in [0.25, 0.3) is 5.91 Å². The monoisotopic (exact) mass is 266 g/mol. The van der Waals surface area contributed by atoms with E-state index in [1.165, 1.54) is 18.2 Å². The summed E-state index contributed by atoms with van der Waals surface area (Å²) in [5, 5.41) is 9.68. The first-order valence-electron chi connectivity index (χ1n) is 6.53. The van der Waals surface area contributed by atoms with Crippen LogP contribution in [0.1, 0.15) is 30.1 Å². The summed E-state index contributed by atoms with van der Waals surface area (Å²) in [5.41, 5.74) is 5.44. The lowest BCUT2D eigenvalue weighted by Gasteiger charge is -2.38. The number of benzene rings is 1. The van der Waals surface area contributed by atoms with Crippen LogP contribution in [0, 0.1) is 11.7 Å². The molecule has 1 heterocycles. The van der Waals surface area contributed by atoms with Gasteiger partial charge in [-0.05, 0) is 30.9 Å². The minimum Gasteiger partial charge on any atom is -0.507 e. The zero-order valence-electron chi connectivity index (χ0n) is 11.0. The number of halogens is 1. The summed E-state index contributed by atoms with van der Waals surface area (Å²) in [4.78, 5) is 14.0. The number of aromatic hydroxyl groups is 1. The summed E-state index contributed by atoms with van der Waals surface area (Å²) < 4.78 is 13.7. The summed E-state index contributed by atoms with van der Waals surface area (Å²) in [6.45, 7) is 3.02. The maximum Gasteiger partial charge on any atom is 0.260 e. The van der Waals surface area contributed by atoms with E-state index in [1.54, 1.807) is 4.90 Å². The lowest BCUT2D eigenvalue weighted by molar-refractivity contribution is 0.0566. The second kappa shape index (κ2) is 5.57. The van der Waals surface area contributed by atoms with Crippen molar-refractivity contribution in [1.29, 1.82) is 0 Å². The summed E-state index contributed by atoms with van der Waals surface area (Å²) in [6.07, 6.45) is 1.69. The molecular weight excluding hydrogens is 247 g/mol. The summed E-state index contributed by atoms with van der Waals surface area (Å²) >= 11 is 0. The molecule has 0 radical (unpaired) electrons. The molecule has 3 N–H and O–H groups in total. The number of nitrogens with zero attached hydrogens (tertiary/aromatic N) is 1. The fraction of sp³-hybridized carbons (Fsp3) is 0.500. The second-order valence-electron chi connectivity index (χ2n) is 5.15. The molecule has 19 heavy (non-hydrogen) atoms. The summed E-state index contributed by atoms with van der Waals surface area (Å²) in [7, 11) is 0. The number of rotatable bonds is 2. The predicted octanol–water partition coefficient (Wildman–Crippen LogP) is 1.73. The number of hydrogen-bond acceptors (Lipinski definition) is 3. The fourth-order valence-corrected chi connectivity index (χ4v) is 2.61. The molecule has 2 unspecified atom stereocenters. The number of carbonyl (C=O) groups excluding carboxylic acids is 1. The van der Waals surface area contributed by atoms with Crippen molar-refractivity contribution in [2.45, 2.75) is 25.8 Å². The minimum absolute atomic E-state index is 0.0877. The molecule has 2 rings (SSSR count). The molecule has 104 valence electrons. The molecule has 1 amide bonds. The maximum atomic E-state index is 13.7. The van der Waals surface area contributed by atoms with Gasteiger partial charge >= 0.3 is 0 Å². The number of phenolic OH excluding ortho intramolecular Hbond substituents is 1. The first kappa shape index (κ1) is 13.8. The molecule has 1 aromatic carbocycles. The average molecular weight is 266 g/mol. The normalized spacial score (nSPS) is 23.4. The van der Waals surface area contributed by atoms with E-state index in [2.05, 4.69) is 6.92 Å². The SMILES string of the molecule is CC1CCN(C(=O)c2c(O)cccc2F)C(CN)C1. The van der Waals surface area contributed by atoms with E-state index in [-0.39, 0.29) is 17.4 Å². The molecule has 1 aromatic rings. The van der Waals surface area contributed by atoms with Gasteiger partial charge in [-0.1, -0.05) is 13.0 Å². The van der Waals surface area contributed by atoms with Gasteiger partial charge in [0.2, 0.25) is 0 Å². The lowest BCUT2D eigenvalue weighted by atomic mass is 9.91. The smallest absolute Gasteiger partial charge is 0.260 e. The van der Waals surface area contributed by atoms with Gasteiger partial charge < -0.3 is 15.7 Å². The van der Waals surface area contributed by atoms with E-state index in [9.17, 15) is 14.3 Å². The van der Waals surface area contributed by atoms with Gasteiger partial charge in [-0.15, -0.1) is 0 Å². The van der Waals surface area contributed by atoms with Gasteiger partial charge in [0.1, 0.15) is 17.1 Å². The third kappa shape index (κ3) is 2.71. The number of piperidine rings is 1. The highest BCUT2D eigenvalue weighted by Gasteiger charge is 2.31. The minimum atomic E-state index is -0.695. The second-order valence-corrected chi connectivity index (χ2v) is 5.15. The van der Waals surface area contributed by atoms with Crippen LogP contribution in [0.25, 0.3) is 0 Å². The Morgan fingerprint density at radius 2 is 2.32 bits per heavy atom. The Hall–Kier alpha value is -1.62. The molecular formula is C14H19FN2O2. The van der Waals surface area contributed by atoms with Crippen LogP contribution in [0.15, 0.2) is 18.2 Å². The molecule has 1 aliphatic rings. The highest BCUT2D eigenvalue weighted by atomic mass is 19.1. The average Bonchev–Trinajstić information content (AvgIpc) is 2.38. The quantitative estimate of drug-likeness (QED) is 0.856. The van der Waals surface area contributed by atoms with Gasteiger partial charge in [0.15, 0.2) is 0 Å². The van der Waals surface area contributed by atoms with E-state index in [0.29, 0.717) is 19.0 Å². The number of nitrogens with two attached hydrogens (primary N) is 1. The van der Waals surface area contributed by atoms with Crippen LogP contribution >= 0.6 is 0 Å². The Labute approximate surface area is 112 Å². The van der Waals surface area contributed by atoms with Crippen LogP contribution in [0.3, 0.4) is 0 Å². The topological polar surface area (TPSA) is 66.6 Å². The number of phenols is 1. The molecule has 1 fully saturated rings. The molecule has 0 saturated carbocycles. The molecule has 1 saturated heterocycles. The molecule has 2 atom stereocenters. The van der Waals surface area contributed by atoms with Crippen LogP contribution in [0.2, 0.25) is 0 Å². The Morgan fingerprint density at radius 1 is 1.58 bits per heavy atom. The number of carbonyl (C=O) groups is 1. The maximum absolute atomic E-state index is 13.7. The third-order valence-electron chi connectivity index (χ3n) is 3.72. The van der Waals surface area contributed by atoms with Crippen molar-refractivity contribution in [3.63, 3.8) is 0 Å². The predicted molar refractivity (Wildman–Crippen MR) is 70.3 cm³/mol. The van der Waals surface area contributed by atoms with E-state index in [1.807, 2.05) is 0 Å². The van der Waals surface area contributed by atoms with Gasteiger partial charge in [-0.2, -0.15) is 0 Å². The zero-order valence-corrected chi connectivity index (χ0v) is 11.0. The van der Waals surface area contributed by atoms with Crippen molar-refractivity contribution < 1.29 is 14.3 Å². The summed E-state index contributed by atoms with van der Waals surface area (Å²) in [5.74, 6) is -0.983. The van der Waals surface area contributed by atoms with Crippen molar-refractivity contribution in [1.82, 2.24) is 4.90 Å². The number of hydrogen-bond donors (Lipinski definition) is 2. The van der Waals surface area contributed by atoms with Gasteiger partial charge in [-0.25, -0.2) is 4.39 Å². The first-order chi connectivity index (χ1) is 9.04. The Kier molecular flexibility index (Phi) is 4.04. The number of likely N-dealkylation sites (tertiary alicyclic amines) is 1.